The second kappa shape index (κ2) is 5.27. The fourth-order valence-corrected chi connectivity index (χ4v) is 1.08. The SMILES string of the molecule is CSCCN=C(NN)NC1CC1. The minimum absolute atomic E-state index is 0.606. The maximum Gasteiger partial charge on any atom is 0.205 e. The highest BCUT2D eigenvalue weighted by Gasteiger charge is 2.21. The van der Waals surface area contributed by atoms with Crippen LogP contribution >= 0.6 is 11.8 Å². The Bertz CT molecular complexity index is 155. The third kappa shape index (κ3) is 3.82. The Morgan fingerprint density at radius 3 is 2.92 bits per heavy atom. The molecule has 0 heterocycles. The molecule has 1 fully saturated rings. The maximum atomic E-state index is 5.28. The van der Waals surface area contributed by atoms with E-state index in [0.717, 1.165) is 18.3 Å². The van der Waals surface area contributed by atoms with Crippen molar-refractivity contribution in [2.24, 2.45) is 10.8 Å². The molecule has 4 N–H and O–H groups in total. The standard InChI is InChI=1S/C7H16N4S/c1-12-5-4-9-7(11-8)10-6-2-3-6/h6H,2-5,8H2,1H3,(H2,9,10,11). The maximum absolute atomic E-state index is 5.28. The van der Waals surface area contributed by atoms with Gasteiger partial charge in [-0.3, -0.25) is 10.4 Å². The topological polar surface area (TPSA) is 62.4 Å². The van der Waals surface area contributed by atoms with Crippen LogP contribution in [0.2, 0.25) is 0 Å². The highest BCUT2D eigenvalue weighted by molar-refractivity contribution is 7.98. The molecule has 0 atom stereocenters. The van der Waals surface area contributed by atoms with Gasteiger partial charge in [0.05, 0.1) is 6.54 Å². The highest BCUT2D eigenvalue weighted by atomic mass is 32.2. The van der Waals surface area contributed by atoms with Crippen LogP contribution in [0.4, 0.5) is 0 Å². The van der Waals surface area contributed by atoms with Crippen molar-refractivity contribution in [1.82, 2.24) is 10.7 Å². The first kappa shape index (κ1) is 9.67. The first-order valence-corrected chi connectivity index (χ1v) is 5.52. The number of nitrogens with zero attached hydrogens (tertiary/aromatic N) is 1. The lowest BCUT2D eigenvalue weighted by Gasteiger charge is -2.06. The van der Waals surface area contributed by atoms with Crippen LogP contribution in [0.5, 0.6) is 0 Å². The van der Waals surface area contributed by atoms with Crippen LogP contribution in [-0.4, -0.2) is 30.6 Å². The Labute approximate surface area is 77.4 Å². The monoisotopic (exact) mass is 188 g/mol. The average Bonchev–Trinajstić information content (AvgIpc) is 2.87. The van der Waals surface area contributed by atoms with E-state index in [0.29, 0.717) is 6.04 Å². The van der Waals surface area contributed by atoms with Gasteiger partial charge in [-0.1, -0.05) is 0 Å². The van der Waals surface area contributed by atoms with Gasteiger partial charge in [-0.25, -0.2) is 5.84 Å². The van der Waals surface area contributed by atoms with E-state index in [-0.39, 0.29) is 0 Å². The van der Waals surface area contributed by atoms with Crippen molar-refractivity contribution in [3.05, 3.63) is 0 Å². The van der Waals surface area contributed by atoms with Crippen molar-refractivity contribution < 1.29 is 0 Å². The Morgan fingerprint density at radius 1 is 1.67 bits per heavy atom. The molecule has 0 spiro atoms. The summed E-state index contributed by atoms with van der Waals surface area (Å²) in [5.74, 6) is 7.05. The normalized spacial score (nSPS) is 17.7. The number of rotatable bonds is 4. The molecule has 0 aromatic heterocycles. The van der Waals surface area contributed by atoms with Crippen LogP contribution in [0, 0.1) is 0 Å². The lowest BCUT2D eigenvalue weighted by molar-refractivity contribution is 0.827. The summed E-state index contributed by atoms with van der Waals surface area (Å²) in [6.45, 7) is 0.820. The molecule has 0 aromatic carbocycles. The number of hydrogen-bond acceptors (Lipinski definition) is 3. The van der Waals surface area contributed by atoms with Crippen LogP contribution < -0.4 is 16.6 Å². The van der Waals surface area contributed by atoms with Crippen LogP contribution in [0.1, 0.15) is 12.8 Å². The molecule has 70 valence electrons. The summed E-state index contributed by atoms with van der Waals surface area (Å²) >= 11 is 1.79. The van der Waals surface area contributed by atoms with Gasteiger partial charge in [0, 0.05) is 11.8 Å². The summed E-state index contributed by atoms with van der Waals surface area (Å²) in [7, 11) is 0. The Kier molecular flexibility index (Phi) is 4.24. The molecule has 1 aliphatic carbocycles. The predicted octanol–water partition coefficient (Wildman–Crippen LogP) is -0.0793. The van der Waals surface area contributed by atoms with Crippen LogP contribution in [0.15, 0.2) is 4.99 Å². The zero-order chi connectivity index (χ0) is 8.81. The van der Waals surface area contributed by atoms with Gasteiger partial charge in [0.2, 0.25) is 5.96 Å². The van der Waals surface area contributed by atoms with Gasteiger partial charge < -0.3 is 5.32 Å². The number of guanidine groups is 1. The number of hydrogen-bond donors (Lipinski definition) is 3. The zero-order valence-electron chi connectivity index (χ0n) is 7.34. The summed E-state index contributed by atoms with van der Waals surface area (Å²) in [5, 5.41) is 3.20. The lowest BCUT2D eigenvalue weighted by atomic mass is 10.7. The molecule has 0 aliphatic heterocycles. The molecule has 0 radical (unpaired) electrons. The molecule has 1 aliphatic rings. The van der Waals surface area contributed by atoms with Gasteiger partial charge >= 0.3 is 0 Å². The molecule has 12 heavy (non-hydrogen) atoms. The van der Waals surface area contributed by atoms with Gasteiger partial charge in [-0.15, -0.1) is 0 Å². The second-order valence-electron chi connectivity index (χ2n) is 2.79. The van der Waals surface area contributed by atoms with Gasteiger partial charge in [0.15, 0.2) is 0 Å². The summed E-state index contributed by atoms with van der Waals surface area (Å²) in [6.07, 6.45) is 4.55. The Hall–Kier alpha value is -0.420. The molecule has 1 saturated carbocycles. The van der Waals surface area contributed by atoms with E-state index in [4.69, 9.17) is 5.84 Å². The smallest absolute Gasteiger partial charge is 0.205 e. The number of nitrogens with two attached hydrogens (primary N) is 1. The van der Waals surface area contributed by atoms with Crippen molar-refractivity contribution >= 4 is 17.7 Å². The van der Waals surface area contributed by atoms with E-state index in [9.17, 15) is 0 Å². The van der Waals surface area contributed by atoms with Crippen molar-refractivity contribution in [2.45, 2.75) is 18.9 Å². The highest BCUT2D eigenvalue weighted by Crippen LogP contribution is 2.18. The van der Waals surface area contributed by atoms with E-state index in [1.165, 1.54) is 12.8 Å². The van der Waals surface area contributed by atoms with Gasteiger partial charge in [-0.05, 0) is 19.1 Å². The summed E-state index contributed by atoms with van der Waals surface area (Å²) in [4.78, 5) is 4.26. The van der Waals surface area contributed by atoms with Crippen LogP contribution in [0.3, 0.4) is 0 Å². The average molecular weight is 188 g/mol. The number of thioether (sulfide) groups is 1. The molecule has 0 bridgehead atoms. The predicted molar refractivity (Wildman–Crippen MR) is 54.2 cm³/mol. The van der Waals surface area contributed by atoms with Crippen molar-refractivity contribution in [3.63, 3.8) is 0 Å². The molecule has 0 saturated heterocycles. The molecule has 0 aromatic rings. The molecule has 5 heteroatoms. The van der Waals surface area contributed by atoms with E-state index in [1.54, 1.807) is 11.8 Å². The molecule has 1 rings (SSSR count). The summed E-state index contributed by atoms with van der Waals surface area (Å²) in [6, 6.07) is 0.606. The zero-order valence-corrected chi connectivity index (χ0v) is 8.16. The first-order chi connectivity index (χ1) is 5.86. The summed E-state index contributed by atoms with van der Waals surface area (Å²) in [5.41, 5.74) is 2.56. The van der Waals surface area contributed by atoms with Crippen molar-refractivity contribution in [1.29, 1.82) is 0 Å². The van der Waals surface area contributed by atoms with Crippen LogP contribution in [0.25, 0.3) is 0 Å². The summed E-state index contributed by atoms with van der Waals surface area (Å²) < 4.78 is 0. The third-order valence-corrected chi connectivity index (χ3v) is 2.21. The van der Waals surface area contributed by atoms with Gasteiger partial charge in [0.1, 0.15) is 0 Å². The van der Waals surface area contributed by atoms with E-state index < -0.39 is 0 Å². The van der Waals surface area contributed by atoms with E-state index in [1.807, 2.05) is 0 Å². The second-order valence-corrected chi connectivity index (χ2v) is 3.77. The fourth-order valence-electron chi connectivity index (χ4n) is 0.803. The largest absolute Gasteiger partial charge is 0.353 e. The number of nitrogens with one attached hydrogen (secondary N) is 2. The van der Waals surface area contributed by atoms with Crippen LogP contribution in [-0.2, 0) is 0 Å². The van der Waals surface area contributed by atoms with Crippen molar-refractivity contribution in [3.8, 4) is 0 Å². The number of aliphatic imine (C=N–C) groups is 1. The van der Waals surface area contributed by atoms with Gasteiger partial charge in [0.25, 0.3) is 0 Å². The third-order valence-electron chi connectivity index (χ3n) is 1.62. The minimum Gasteiger partial charge on any atom is -0.353 e. The molecule has 0 unspecified atom stereocenters. The minimum atomic E-state index is 0.606. The number of hydrazine groups is 1. The van der Waals surface area contributed by atoms with Gasteiger partial charge in [-0.2, -0.15) is 11.8 Å². The quantitative estimate of drug-likeness (QED) is 0.190. The van der Waals surface area contributed by atoms with E-state index in [2.05, 4.69) is 22.0 Å². The molecule has 0 amide bonds. The van der Waals surface area contributed by atoms with Crippen molar-refractivity contribution in [2.75, 3.05) is 18.6 Å². The Morgan fingerprint density at radius 2 is 2.42 bits per heavy atom. The lowest BCUT2D eigenvalue weighted by Crippen LogP contribution is -2.42. The molecular formula is C7H16N4S. The first-order valence-electron chi connectivity index (χ1n) is 4.13. The molecule has 4 nitrogen and oxygen atoms in total. The molecular weight excluding hydrogens is 172 g/mol. The fraction of sp³-hybridized carbons (Fsp3) is 0.857. The Balaban J connectivity index is 2.16. The van der Waals surface area contributed by atoms with E-state index >= 15 is 0 Å².